The number of hydrogen-bond donors (Lipinski definition) is 1. The lowest BCUT2D eigenvalue weighted by Gasteiger charge is -2.19. The molecular formula is C26H25BrN2O5. The number of ether oxygens (including phenoxy) is 1. The third kappa shape index (κ3) is 3.74. The number of nitrogens with zero attached hydrogens (tertiary/aromatic N) is 1. The van der Waals surface area contributed by atoms with E-state index in [0.717, 1.165) is 34.9 Å². The van der Waals surface area contributed by atoms with Crippen molar-refractivity contribution in [3.05, 3.63) is 57.6 Å². The van der Waals surface area contributed by atoms with Gasteiger partial charge in [-0.25, -0.2) is 4.79 Å². The van der Waals surface area contributed by atoms with Crippen LogP contribution in [0.3, 0.4) is 0 Å². The van der Waals surface area contributed by atoms with Crippen molar-refractivity contribution in [2.75, 3.05) is 16.8 Å². The number of anilines is 2. The summed E-state index contributed by atoms with van der Waals surface area (Å²) in [4.78, 5) is 52.3. The third-order valence-corrected chi connectivity index (χ3v) is 8.46. The summed E-state index contributed by atoms with van der Waals surface area (Å²) in [5.74, 6) is -1.34. The smallest absolute Gasteiger partial charge is 0.338 e. The molecule has 1 heterocycles. The van der Waals surface area contributed by atoms with Crippen LogP contribution in [0.15, 0.2) is 40.9 Å². The Balaban J connectivity index is 1.25. The molecule has 34 heavy (non-hydrogen) atoms. The van der Waals surface area contributed by atoms with Gasteiger partial charge in [0.1, 0.15) is 0 Å². The van der Waals surface area contributed by atoms with E-state index >= 15 is 0 Å². The van der Waals surface area contributed by atoms with Gasteiger partial charge in [-0.1, -0.05) is 22.0 Å². The Morgan fingerprint density at radius 1 is 1.03 bits per heavy atom. The van der Waals surface area contributed by atoms with Gasteiger partial charge in [0.05, 0.1) is 23.1 Å². The Morgan fingerprint density at radius 3 is 2.38 bits per heavy atom. The molecule has 2 bridgehead atoms. The summed E-state index contributed by atoms with van der Waals surface area (Å²) in [6, 6.07) is 9.92. The number of esters is 1. The maximum absolute atomic E-state index is 13.1. The van der Waals surface area contributed by atoms with E-state index in [0.29, 0.717) is 23.2 Å². The van der Waals surface area contributed by atoms with E-state index in [2.05, 4.69) is 21.2 Å². The predicted octanol–water partition coefficient (Wildman–Crippen LogP) is 4.40. The summed E-state index contributed by atoms with van der Waals surface area (Å²) in [5.41, 5.74) is 3.13. The number of hydrogen-bond acceptors (Lipinski definition) is 5. The van der Waals surface area contributed by atoms with E-state index in [-0.39, 0.29) is 29.2 Å². The lowest BCUT2D eigenvalue weighted by Crippen LogP contribution is -2.32. The van der Waals surface area contributed by atoms with Gasteiger partial charge >= 0.3 is 5.97 Å². The molecule has 2 saturated carbocycles. The molecule has 5 rings (SSSR count). The predicted molar refractivity (Wildman–Crippen MR) is 129 cm³/mol. The Morgan fingerprint density at radius 2 is 1.71 bits per heavy atom. The highest BCUT2D eigenvalue weighted by Gasteiger charge is 2.61. The van der Waals surface area contributed by atoms with Crippen LogP contribution in [-0.4, -0.2) is 30.3 Å². The summed E-state index contributed by atoms with van der Waals surface area (Å²) in [6.45, 7) is 3.39. The average molecular weight is 525 g/mol. The highest BCUT2D eigenvalue weighted by molar-refractivity contribution is 9.10. The molecule has 3 aliphatic rings. The Bertz CT molecular complexity index is 1200. The van der Waals surface area contributed by atoms with Crippen LogP contribution < -0.4 is 10.2 Å². The number of halogens is 1. The quantitative estimate of drug-likeness (QED) is 0.462. The van der Waals surface area contributed by atoms with Crippen molar-refractivity contribution in [3.63, 3.8) is 0 Å². The molecule has 4 atom stereocenters. The van der Waals surface area contributed by atoms with Gasteiger partial charge in [-0.05, 0) is 86.4 Å². The first-order chi connectivity index (χ1) is 16.3. The first-order valence-electron chi connectivity index (χ1n) is 11.5. The molecule has 7 nitrogen and oxygen atoms in total. The minimum atomic E-state index is -0.694. The number of imide groups is 1. The summed E-state index contributed by atoms with van der Waals surface area (Å²) in [6.07, 6.45) is 2.98. The van der Waals surface area contributed by atoms with Gasteiger partial charge in [0, 0.05) is 10.2 Å². The minimum Gasteiger partial charge on any atom is -0.452 e. The maximum Gasteiger partial charge on any atom is 0.338 e. The number of nitrogens with one attached hydrogen (secondary N) is 1. The number of benzene rings is 2. The van der Waals surface area contributed by atoms with Crippen LogP contribution in [0.1, 0.15) is 40.7 Å². The van der Waals surface area contributed by atoms with Crippen molar-refractivity contribution in [2.24, 2.45) is 23.7 Å². The molecule has 0 radical (unpaired) electrons. The number of rotatable bonds is 5. The summed E-state index contributed by atoms with van der Waals surface area (Å²) < 4.78 is 6.14. The number of fused-ring (bicyclic) bond motifs is 5. The lowest BCUT2D eigenvalue weighted by molar-refractivity contribution is -0.123. The topological polar surface area (TPSA) is 92.8 Å². The van der Waals surface area contributed by atoms with Gasteiger partial charge < -0.3 is 10.1 Å². The zero-order valence-corrected chi connectivity index (χ0v) is 20.6. The van der Waals surface area contributed by atoms with Gasteiger partial charge in [0.2, 0.25) is 11.8 Å². The molecule has 2 aromatic rings. The molecule has 1 aliphatic heterocycles. The Kier molecular flexibility index (Phi) is 5.80. The first kappa shape index (κ1) is 22.8. The van der Waals surface area contributed by atoms with Crippen LogP contribution in [0.5, 0.6) is 0 Å². The fourth-order valence-electron chi connectivity index (χ4n) is 5.76. The average Bonchev–Trinajstić information content (AvgIpc) is 3.51. The zero-order chi connectivity index (χ0) is 24.1. The second kappa shape index (κ2) is 8.65. The van der Waals surface area contributed by atoms with E-state index in [9.17, 15) is 19.2 Å². The van der Waals surface area contributed by atoms with Crippen molar-refractivity contribution in [1.82, 2.24) is 0 Å². The monoisotopic (exact) mass is 524 g/mol. The van der Waals surface area contributed by atoms with Gasteiger partial charge in [0.25, 0.3) is 5.91 Å². The first-order valence-corrected chi connectivity index (χ1v) is 12.3. The summed E-state index contributed by atoms with van der Waals surface area (Å²) in [7, 11) is 0. The Hall–Kier alpha value is -3.00. The number of amides is 3. The van der Waals surface area contributed by atoms with Gasteiger partial charge in [0.15, 0.2) is 6.61 Å². The molecule has 0 aromatic heterocycles. The number of carbonyl (C=O) groups excluding carboxylic acids is 4. The largest absolute Gasteiger partial charge is 0.452 e. The van der Waals surface area contributed by atoms with E-state index in [1.54, 1.807) is 24.3 Å². The molecular weight excluding hydrogens is 500 g/mol. The van der Waals surface area contributed by atoms with Gasteiger partial charge in [-0.15, -0.1) is 0 Å². The normalized spacial score (nSPS) is 25.0. The van der Waals surface area contributed by atoms with Crippen LogP contribution in [-0.2, 0) is 19.1 Å². The van der Waals surface area contributed by atoms with Crippen molar-refractivity contribution in [3.8, 4) is 0 Å². The van der Waals surface area contributed by atoms with E-state index in [4.69, 9.17) is 4.74 Å². The molecule has 8 heteroatoms. The van der Waals surface area contributed by atoms with E-state index in [1.165, 1.54) is 11.0 Å². The van der Waals surface area contributed by atoms with Crippen molar-refractivity contribution >= 4 is 51.0 Å². The van der Waals surface area contributed by atoms with Gasteiger partial charge in [-0.2, -0.15) is 0 Å². The molecule has 1 N–H and O–H groups in total. The SMILES string of the molecule is Cc1c(Br)ccc(NC(=O)COC(=O)c2cccc(N3C(=O)[C@@H]4[C@H]5CC[C@@H](C5)[C@H]4C3=O)c2)c1C. The standard InChI is InChI=1S/C26H25BrN2O5/c1-13-14(2)20(9-8-19(13)27)28-21(30)12-34-26(33)17-4-3-5-18(11-17)29-24(31)22-15-6-7-16(10-15)23(22)25(29)32/h3-5,8-9,11,15-16,22-23H,6-7,10,12H2,1-2H3,(H,28,30)/t15-,16-,22+,23+/m0/s1. The summed E-state index contributed by atoms with van der Waals surface area (Å²) >= 11 is 3.45. The van der Waals surface area contributed by atoms with Crippen LogP contribution >= 0.6 is 15.9 Å². The highest BCUT2D eigenvalue weighted by atomic mass is 79.9. The van der Waals surface area contributed by atoms with E-state index < -0.39 is 18.5 Å². The molecule has 1 saturated heterocycles. The molecule has 2 aliphatic carbocycles. The molecule has 3 fully saturated rings. The minimum absolute atomic E-state index is 0.160. The van der Waals surface area contributed by atoms with Crippen molar-refractivity contribution in [1.29, 1.82) is 0 Å². The second-order valence-electron chi connectivity index (χ2n) is 9.42. The van der Waals surface area contributed by atoms with Crippen LogP contribution in [0.4, 0.5) is 11.4 Å². The maximum atomic E-state index is 13.1. The molecule has 176 valence electrons. The van der Waals surface area contributed by atoms with Gasteiger partial charge in [-0.3, -0.25) is 19.3 Å². The Labute approximate surface area is 206 Å². The lowest BCUT2D eigenvalue weighted by atomic mass is 9.81. The van der Waals surface area contributed by atoms with Crippen LogP contribution in [0, 0.1) is 37.5 Å². The fourth-order valence-corrected chi connectivity index (χ4v) is 6.19. The fraction of sp³-hybridized carbons (Fsp3) is 0.385. The molecule has 0 unspecified atom stereocenters. The number of carbonyl (C=O) groups is 4. The van der Waals surface area contributed by atoms with Crippen LogP contribution in [0.2, 0.25) is 0 Å². The molecule has 0 spiro atoms. The van der Waals surface area contributed by atoms with Crippen LogP contribution in [0.25, 0.3) is 0 Å². The van der Waals surface area contributed by atoms with Crippen molar-refractivity contribution < 1.29 is 23.9 Å². The highest BCUT2D eigenvalue weighted by Crippen LogP contribution is 2.56. The summed E-state index contributed by atoms with van der Waals surface area (Å²) in [5, 5.41) is 2.75. The zero-order valence-electron chi connectivity index (χ0n) is 19.0. The second-order valence-corrected chi connectivity index (χ2v) is 10.3. The third-order valence-electron chi connectivity index (χ3n) is 7.60. The molecule has 3 amide bonds. The van der Waals surface area contributed by atoms with Crippen molar-refractivity contribution in [2.45, 2.75) is 33.1 Å². The molecule has 2 aromatic carbocycles. The van der Waals surface area contributed by atoms with E-state index in [1.807, 2.05) is 19.9 Å².